The first kappa shape index (κ1) is 18.1. The molecule has 0 saturated carbocycles. The lowest BCUT2D eigenvalue weighted by Gasteiger charge is -2.36. The van der Waals surface area contributed by atoms with E-state index in [1.54, 1.807) is 0 Å². The molecule has 7 heteroatoms. The summed E-state index contributed by atoms with van der Waals surface area (Å²) in [6.45, 7) is 7.67. The summed E-state index contributed by atoms with van der Waals surface area (Å²) in [5.41, 5.74) is 1.19. The van der Waals surface area contributed by atoms with Gasteiger partial charge in [-0.3, -0.25) is 14.5 Å². The maximum absolute atomic E-state index is 12.8. The Morgan fingerprint density at radius 3 is 2.70 bits per heavy atom. The average Bonchev–Trinajstić information content (AvgIpc) is 3.28. The number of benzene rings is 1. The van der Waals surface area contributed by atoms with Gasteiger partial charge in [-0.2, -0.15) is 0 Å². The smallest absolute Gasteiger partial charge is 0.231 e. The van der Waals surface area contributed by atoms with Gasteiger partial charge in [0.15, 0.2) is 11.5 Å². The van der Waals surface area contributed by atoms with E-state index in [1.807, 2.05) is 21.9 Å². The van der Waals surface area contributed by atoms with E-state index in [4.69, 9.17) is 9.47 Å². The van der Waals surface area contributed by atoms with Crippen LogP contribution in [0.25, 0.3) is 0 Å². The van der Waals surface area contributed by atoms with Crippen molar-refractivity contribution in [1.82, 2.24) is 14.7 Å². The molecule has 1 aromatic carbocycles. The molecule has 0 aromatic heterocycles. The Bertz CT molecular complexity index is 715. The summed E-state index contributed by atoms with van der Waals surface area (Å²) < 4.78 is 10.8. The zero-order chi connectivity index (χ0) is 18.8. The topological polar surface area (TPSA) is 62.3 Å². The maximum atomic E-state index is 12.8. The lowest BCUT2D eigenvalue weighted by Crippen LogP contribution is -2.50. The molecule has 4 rings (SSSR count). The lowest BCUT2D eigenvalue weighted by atomic mass is 10.1. The second kappa shape index (κ2) is 7.76. The van der Waals surface area contributed by atoms with Crippen molar-refractivity contribution in [2.24, 2.45) is 5.92 Å². The van der Waals surface area contributed by atoms with Crippen molar-refractivity contribution in [3.63, 3.8) is 0 Å². The molecule has 0 aliphatic carbocycles. The van der Waals surface area contributed by atoms with Crippen LogP contribution in [0, 0.1) is 5.92 Å². The van der Waals surface area contributed by atoms with Crippen molar-refractivity contribution in [2.75, 3.05) is 46.1 Å². The van der Waals surface area contributed by atoms with Crippen molar-refractivity contribution < 1.29 is 19.1 Å². The predicted octanol–water partition coefficient (Wildman–Crippen LogP) is 1.32. The first-order chi connectivity index (χ1) is 13.1. The van der Waals surface area contributed by atoms with Gasteiger partial charge >= 0.3 is 0 Å². The molecule has 3 aliphatic heterocycles. The maximum Gasteiger partial charge on any atom is 0.231 e. The average molecular weight is 373 g/mol. The summed E-state index contributed by atoms with van der Waals surface area (Å²) in [5.74, 6) is 1.71. The van der Waals surface area contributed by atoms with Gasteiger partial charge in [-0.05, 0) is 24.1 Å². The SMILES string of the molecule is CCCN1CC(C(=O)N2CCN(Cc3ccc4c(c3)OCO4)CC2)CC1=O. The number of piperazine rings is 1. The first-order valence-electron chi connectivity index (χ1n) is 9.81. The van der Waals surface area contributed by atoms with E-state index in [1.165, 1.54) is 5.56 Å². The third kappa shape index (κ3) is 3.88. The van der Waals surface area contributed by atoms with E-state index in [9.17, 15) is 9.59 Å². The van der Waals surface area contributed by atoms with Gasteiger partial charge in [-0.25, -0.2) is 0 Å². The molecule has 0 spiro atoms. The molecule has 3 aliphatic rings. The van der Waals surface area contributed by atoms with Gasteiger partial charge in [0.05, 0.1) is 5.92 Å². The van der Waals surface area contributed by atoms with Gasteiger partial charge in [0.25, 0.3) is 0 Å². The second-order valence-corrected chi connectivity index (χ2v) is 7.53. The fraction of sp³-hybridized carbons (Fsp3) is 0.600. The van der Waals surface area contributed by atoms with E-state index in [0.29, 0.717) is 19.8 Å². The molecule has 2 saturated heterocycles. The van der Waals surface area contributed by atoms with Crippen LogP contribution in [-0.4, -0.2) is 72.6 Å². The van der Waals surface area contributed by atoms with Crippen LogP contribution in [-0.2, 0) is 16.1 Å². The lowest BCUT2D eigenvalue weighted by molar-refractivity contribution is -0.137. The number of nitrogens with zero attached hydrogens (tertiary/aromatic N) is 3. The molecule has 1 atom stereocenters. The van der Waals surface area contributed by atoms with Crippen molar-refractivity contribution in [3.8, 4) is 11.5 Å². The zero-order valence-corrected chi connectivity index (χ0v) is 15.9. The summed E-state index contributed by atoms with van der Waals surface area (Å²) >= 11 is 0. The number of carbonyl (C=O) groups is 2. The van der Waals surface area contributed by atoms with Crippen LogP contribution in [0.2, 0.25) is 0 Å². The van der Waals surface area contributed by atoms with Gasteiger partial charge in [0.1, 0.15) is 0 Å². The van der Waals surface area contributed by atoms with Gasteiger partial charge in [0.2, 0.25) is 18.6 Å². The number of amides is 2. The summed E-state index contributed by atoms with van der Waals surface area (Å²) in [7, 11) is 0. The highest BCUT2D eigenvalue weighted by atomic mass is 16.7. The van der Waals surface area contributed by atoms with Crippen LogP contribution in [0.3, 0.4) is 0 Å². The van der Waals surface area contributed by atoms with E-state index >= 15 is 0 Å². The standard InChI is InChI=1S/C20H27N3O4/c1-2-5-23-13-16(11-19(23)24)20(25)22-8-6-21(7-9-22)12-15-3-4-17-18(10-15)27-14-26-17/h3-4,10,16H,2,5-9,11-14H2,1H3. The summed E-state index contributed by atoms with van der Waals surface area (Å²) in [6, 6.07) is 6.06. The van der Waals surface area contributed by atoms with Gasteiger partial charge in [-0.1, -0.05) is 13.0 Å². The summed E-state index contributed by atoms with van der Waals surface area (Å²) in [5, 5.41) is 0. The number of fused-ring (bicyclic) bond motifs is 1. The quantitative estimate of drug-likeness (QED) is 0.779. The normalized spacial score (nSPS) is 22.6. The van der Waals surface area contributed by atoms with Crippen molar-refractivity contribution in [2.45, 2.75) is 26.3 Å². The fourth-order valence-corrected chi connectivity index (χ4v) is 4.11. The first-order valence-corrected chi connectivity index (χ1v) is 9.81. The van der Waals surface area contributed by atoms with Crippen LogP contribution >= 0.6 is 0 Å². The number of carbonyl (C=O) groups excluding carboxylic acids is 2. The predicted molar refractivity (Wildman–Crippen MR) is 99.4 cm³/mol. The van der Waals surface area contributed by atoms with Gasteiger partial charge < -0.3 is 19.3 Å². The fourth-order valence-electron chi connectivity index (χ4n) is 4.11. The number of hydrogen-bond acceptors (Lipinski definition) is 5. The van der Waals surface area contributed by atoms with Gasteiger partial charge in [0, 0.05) is 52.2 Å². The Labute approximate surface area is 159 Å². The van der Waals surface area contributed by atoms with E-state index < -0.39 is 0 Å². The van der Waals surface area contributed by atoms with E-state index in [0.717, 1.165) is 57.2 Å². The van der Waals surface area contributed by atoms with Crippen LogP contribution in [0.1, 0.15) is 25.3 Å². The Morgan fingerprint density at radius 1 is 1.15 bits per heavy atom. The van der Waals surface area contributed by atoms with Crippen molar-refractivity contribution in [1.29, 1.82) is 0 Å². The van der Waals surface area contributed by atoms with Crippen LogP contribution < -0.4 is 9.47 Å². The van der Waals surface area contributed by atoms with Crippen molar-refractivity contribution >= 4 is 11.8 Å². The zero-order valence-electron chi connectivity index (χ0n) is 15.9. The molecule has 0 N–H and O–H groups in total. The number of hydrogen-bond donors (Lipinski definition) is 0. The summed E-state index contributed by atoms with van der Waals surface area (Å²) in [6.07, 6.45) is 1.31. The minimum atomic E-state index is -0.163. The van der Waals surface area contributed by atoms with E-state index in [2.05, 4.69) is 17.9 Å². The second-order valence-electron chi connectivity index (χ2n) is 7.53. The highest BCUT2D eigenvalue weighted by Gasteiger charge is 2.36. The van der Waals surface area contributed by atoms with Crippen LogP contribution in [0.15, 0.2) is 18.2 Å². The van der Waals surface area contributed by atoms with Crippen LogP contribution in [0.4, 0.5) is 0 Å². The highest BCUT2D eigenvalue weighted by Crippen LogP contribution is 2.33. The van der Waals surface area contributed by atoms with Crippen LogP contribution in [0.5, 0.6) is 11.5 Å². The molecule has 0 bridgehead atoms. The number of rotatable bonds is 5. The monoisotopic (exact) mass is 373 g/mol. The third-order valence-corrected chi connectivity index (χ3v) is 5.58. The Kier molecular flexibility index (Phi) is 5.20. The number of ether oxygens (including phenoxy) is 2. The Hall–Kier alpha value is -2.28. The summed E-state index contributed by atoms with van der Waals surface area (Å²) in [4.78, 5) is 30.9. The molecule has 27 heavy (non-hydrogen) atoms. The molecule has 2 fully saturated rings. The molecular weight excluding hydrogens is 346 g/mol. The third-order valence-electron chi connectivity index (χ3n) is 5.58. The molecular formula is C20H27N3O4. The molecule has 1 aromatic rings. The molecule has 146 valence electrons. The largest absolute Gasteiger partial charge is 0.454 e. The van der Waals surface area contributed by atoms with Crippen molar-refractivity contribution in [3.05, 3.63) is 23.8 Å². The number of likely N-dealkylation sites (tertiary alicyclic amines) is 1. The Balaban J connectivity index is 1.27. The molecule has 1 unspecified atom stereocenters. The Morgan fingerprint density at radius 2 is 1.93 bits per heavy atom. The molecule has 7 nitrogen and oxygen atoms in total. The molecule has 3 heterocycles. The minimum absolute atomic E-state index is 0.122. The van der Waals surface area contributed by atoms with E-state index in [-0.39, 0.29) is 17.7 Å². The van der Waals surface area contributed by atoms with Gasteiger partial charge in [-0.15, -0.1) is 0 Å². The highest BCUT2D eigenvalue weighted by molar-refractivity contribution is 5.89. The minimum Gasteiger partial charge on any atom is -0.454 e. The molecule has 2 amide bonds. The molecule has 0 radical (unpaired) electrons.